The second kappa shape index (κ2) is 5.03. The van der Waals surface area contributed by atoms with E-state index in [1.165, 1.54) is 4.31 Å². The Labute approximate surface area is 106 Å². The second-order valence-electron chi connectivity index (χ2n) is 4.24. The van der Waals surface area contributed by atoms with Crippen LogP contribution in [0.2, 0.25) is 0 Å². The van der Waals surface area contributed by atoms with Crippen LogP contribution in [0, 0.1) is 0 Å². The molecule has 6 nitrogen and oxygen atoms in total. The number of sulfonamides is 1. The Balaban J connectivity index is 2.10. The fourth-order valence-electron chi connectivity index (χ4n) is 2.05. The van der Waals surface area contributed by atoms with Crippen molar-refractivity contribution in [2.24, 2.45) is 0 Å². The number of carbonyl (C=O) groups excluding carboxylic acids is 1. The van der Waals surface area contributed by atoms with E-state index in [0.717, 1.165) is 6.26 Å². The van der Waals surface area contributed by atoms with E-state index in [1.54, 1.807) is 24.4 Å². The second-order valence-corrected chi connectivity index (χ2v) is 6.17. The van der Waals surface area contributed by atoms with Gasteiger partial charge < -0.3 is 5.32 Å². The zero-order chi connectivity index (χ0) is 13.2. The smallest absolute Gasteiger partial charge is 0.243 e. The summed E-state index contributed by atoms with van der Waals surface area (Å²) in [5, 5.41) is 2.63. The molecule has 0 saturated carbocycles. The minimum atomic E-state index is -3.34. The Hall–Kier alpha value is -1.47. The van der Waals surface area contributed by atoms with Gasteiger partial charge in [-0.3, -0.25) is 4.79 Å². The SMILES string of the molecule is CS(=O)(=O)N1CCCC1C(=O)Nc1ccccn1. The van der Waals surface area contributed by atoms with Gasteiger partial charge in [-0.25, -0.2) is 13.4 Å². The monoisotopic (exact) mass is 269 g/mol. The standard InChI is InChI=1S/C11H15N3O3S/c1-18(16,17)14-8-4-5-9(14)11(15)13-10-6-2-3-7-12-10/h2-3,6-7,9H,4-5,8H2,1H3,(H,12,13,15). The lowest BCUT2D eigenvalue weighted by Crippen LogP contribution is -2.42. The number of pyridine rings is 1. The maximum Gasteiger partial charge on any atom is 0.243 e. The highest BCUT2D eigenvalue weighted by molar-refractivity contribution is 7.88. The number of amides is 1. The largest absolute Gasteiger partial charge is 0.309 e. The molecule has 1 atom stereocenters. The van der Waals surface area contributed by atoms with Crippen LogP contribution in [0.5, 0.6) is 0 Å². The molecule has 0 spiro atoms. The highest BCUT2D eigenvalue weighted by Crippen LogP contribution is 2.21. The molecule has 1 aromatic rings. The zero-order valence-electron chi connectivity index (χ0n) is 10.0. The molecule has 1 N–H and O–H groups in total. The molecule has 0 aromatic carbocycles. The molecule has 0 aliphatic carbocycles. The lowest BCUT2D eigenvalue weighted by atomic mass is 10.2. The molecule has 0 bridgehead atoms. The molecule has 0 radical (unpaired) electrons. The third-order valence-electron chi connectivity index (χ3n) is 2.85. The topological polar surface area (TPSA) is 79.4 Å². The average molecular weight is 269 g/mol. The van der Waals surface area contributed by atoms with Crippen LogP contribution in [0.4, 0.5) is 5.82 Å². The summed E-state index contributed by atoms with van der Waals surface area (Å²) < 4.78 is 24.3. The van der Waals surface area contributed by atoms with Gasteiger partial charge in [0.15, 0.2) is 0 Å². The van der Waals surface area contributed by atoms with Crippen molar-refractivity contribution in [3.63, 3.8) is 0 Å². The molecule has 18 heavy (non-hydrogen) atoms. The number of hydrogen-bond donors (Lipinski definition) is 1. The highest BCUT2D eigenvalue weighted by Gasteiger charge is 2.36. The van der Waals surface area contributed by atoms with Crippen LogP contribution in [0.15, 0.2) is 24.4 Å². The summed E-state index contributed by atoms with van der Waals surface area (Å²) in [6, 6.07) is 4.54. The highest BCUT2D eigenvalue weighted by atomic mass is 32.2. The zero-order valence-corrected chi connectivity index (χ0v) is 10.9. The van der Waals surface area contributed by atoms with Gasteiger partial charge in [0.25, 0.3) is 0 Å². The first kappa shape index (κ1) is 13.0. The lowest BCUT2D eigenvalue weighted by Gasteiger charge is -2.20. The third-order valence-corrected chi connectivity index (χ3v) is 4.14. The van der Waals surface area contributed by atoms with E-state index in [-0.39, 0.29) is 5.91 Å². The molecule has 1 unspecified atom stereocenters. The van der Waals surface area contributed by atoms with Crippen molar-refractivity contribution in [3.05, 3.63) is 24.4 Å². The van der Waals surface area contributed by atoms with Gasteiger partial charge >= 0.3 is 0 Å². The van der Waals surface area contributed by atoms with Crippen LogP contribution >= 0.6 is 0 Å². The van der Waals surface area contributed by atoms with Crippen LogP contribution in [-0.4, -0.2) is 42.5 Å². The predicted molar refractivity (Wildman–Crippen MR) is 67.4 cm³/mol. The van der Waals surface area contributed by atoms with Gasteiger partial charge in [0.1, 0.15) is 11.9 Å². The normalized spacial score (nSPS) is 20.8. The number of rotatable bonds is 3. The fraction of sp³-hybridized carbons (Fsp3) is 0.455. The molecule has 7 heteroatoms. The number of aromatic nitrogens is 1. The van der Waals surface area contributed by atoms with E-state index in [2.05, 4.69) is 10.3 Å². The average Bonchev–Trinajstić information content (AvgIpc) is 2.79. The van der Waals surface area contributed by atoms with E-state index < -0.39 is 16.1 Å². The predicted octanol–water partition coefficient (Wildman–Crippen LogP) is 0.444. The van der Waals surface area contributed by atoms with Gasteiger partial charge in [-0.15, -0.1) is 0 Å². The summed E-state index contributed by atoms with van der Waals surface area (Å²) in [5.74, 6) is 0.111. The van der Waals surface area contributed by atoms with Gasteiger partial charge in [-0.05, 0) is 25.0 Å². The van der Waals surface area contributed by atoms with Crippen LogP contribution in [0.1, 0.15) is 12.8 Å². The Morgan fingerprint density at radius 3 is 2.89 bits per heavy atom. The van der Waals surface area contributed by atoms with Crippen LogP contribution in [0.25, 0.3) is 0 Å². The van der Waals surface area contributed by atoms with E-state index in [9.17, 15) is 13.2 Å². The van der Waals surface area contributed by atoms with Gasteiger partial charge in [-0.2, -0.15) is 4.31 Å². The van der Waals surface area contributed by atoms with E-state index in [0.29, 0.717) is 25.2 Å². The van der Waals surface area contributed by atoms with Crippen molar-refractivity contribution in [1.29, 1.82) is 0 Å². The van der Waals surface area contributed by atoms with Crippen molar-refractivity contribution in [2.75, 3.05) is 18.1 Å². The maximum atomic E-state index is 12.0. The van der Waals surface area contributed by atoms with Crippen molar-refractivity contribution in [1.82, 2.24) is 9.29 Å². The van der Waals surface area contributed by atoms with Crippen LogP contribution < -0.4 is 5.32 Å². The number of nitrogens with one attached hydrogen (secondary N) is 1. The van der Waals surface area contributed by atoms with Gasteiger partial charge in [0.2, 0.25) is 15.9 Å². The molecular weight excluding hydrogens is 254 g/mol. The minimum Gasteiger partial charge on any atom is -0.309 e. The molecule has 1 aromatic heterocycles. The van der Waals surface area contributed by atoms with Crippen molar-refractivity contribution >= 4 is 21.7 Å². The number of hydrogen-bond acceptors (Lipinski definition) is 4. The van der Waals surface area contributed by atoms with Gasteiger partial charge in [0, 0.05) is 12.7 Å². The Bertz CT molecular complexity index is 530. The summed E-state index contributed by atoms with van der Waals surface area (Å²) in [6.07, 6.45) is 3.94. The molecule has 1 aliphatic heterocycles. The number of nitrogens with zero attached hydrogens (tertiary/aromatic N) is 2. The molecule has 1 amide bonds. The van der Waals surface area contributed by atoms with Crippen molar-refractivity contribution < 1.29 is 13.2 Å². The molecule has 98 valence electrons. The molecule has 1 saturated heterocycles. The quantitative estimate of drug-likeness (QED) is 0.863. The van der Waals surface area contributed by atoms with E-state index in [1.807, 2.05) is 0 Å². The summed E-state index contributed by atoms with van der Waals surface area (Å²) in [7, 11) is -3.34. The first-order valence-corrected chi connectivity index (χ1v) is 7.52. The molecule has 2 rings (SSSR count). The van der Waals surface area contributed by atoms with Crippen LogP contribution in [-0.2, 0) is 14.8 Å². The summed E-state index contributed by atoms with van der Waals surface area (Å²) in [4.78, 5) is 16.0. The number of carbonyl (C=O) groups is 1. The minimum absolute atomic E-state index is 0.323. The Kier molecular flexibility index (Phi) is 3.63. The summed E-state index contributed by atoms with van der Waals surface area (Å²) in [5.41, 5.74) is 0. The molecule has 2 heterocycles. The van der Waals surface area contributed by atoms with E-state index >= 15 is 0 Å². The van der Waals surface area contributed by atoms with Crippen molar-refractivity contribution in [2.45, 2.75) is 18.9 Å². The van der Waals surface area contributed by atoms with Crippen molar-refractivity contribution in [3.8, 4) is 0 Å². The molecule has 1 fully saturated rings. The third kappa shape index (κ3) is 2.85. The van der Waals surface area contributed by atoms with E-state index in [4.69, 9.17) is 0 Å². The van der Waals surface area contributed by atoms with Crippen LogP contribution in [0.3, 0.4) is 0 Å². The molecule has 1 aliphatic rings. The maximum absolute atomic E-state index is 12.0. The first-order chi connectivity index (χ1) is 8.48. The number of anilines is 1. The fourth-order valence-corrected chi connectivity index (χ4v) is 3.17. The summed E-state index contributed by atoms with van der Waals surface area (Å²) >= 11 is 0. The Morgan fingerprint density at radius 1 is 1.50 bits per heavy atom. The Morgan fingerprint density at radius 2 is 2.28 bits per heavy atom. The van der Waals surface area contributed by atoms with Gasteiger partial charge in [0.05, 0.1) is 6.26 Å². The lowest BCUT2D eigenvalue weighted by molar-refractivity contribution is -0.119. The molecular formula is C11H15N3O3S. The first-order valence-electron chi connectivity index (χ1n) is 5.67. The van der Waals surface area contributed by atoms with Gasteiger partial charge in [-0.1, -0.05) is 6.07 Å². The summed E-state index contributed by atoms with van der Waals surface area (Å²) in [6.45, 7) is 0.402.